The second-order valence-corrected chi connectivity index (χ2v) is 17.5. The van der Waals surface area contributed by atoms with Crippen molar-refractivity contribution in [2.45, 2.75) is 268 Å². The van der Waals surface area contributed by atoms with Crippen LogP contribution in [-0.4, -0.2) is 110 Å². The first-order valence-electron chi connectivity index (χ1n) is 24.7. The molecule has 8 N–H and O–H groups in total. The maximum absolute atomic E-state index is 13.0. The summed E-state index contributed by atoms with van der Waals surface area (Å²) in [7, 11) is 0. The summed E-state index contributed by atoms with van der Waals surface area (Å²) in [6.07, 6.45) is 32.6. The lowest BCUT2D eigenvalue weighted by Gasteiger charge is -2.40. The van der Waals surface area contributed by atoms with Crippen molar-refractivity contribution in [2.24, 2.45) is 0 Å². The normalized spacial score (nSPS) is 21.8. The molecule has 0 saturated carbocycles. The SMILES string of the molecule is CCCCCCCCCCCCCCCCC/C=C/CC/C=C/CCCC(O)C(O)C(COC1OC(CO)C(O)C(O)C1O)NC(=O)C(O)CCCCCCCCCCC. The second kappa shape index (κ2) is 39.2. The standard InChI is InChI=1S/C49H93NO10/c1-3-5-7-9-11-13-14-15-16-17-18-19-20-21-22-23-24-25-26-27-29-30-32-34-36-41(52)44(54)40(39-59-49-47(57)46(56)45(55)43(38-51)60-49)50-48(58)42(53)37-35-33-31-28-12-10-8-6-4-2/h24-25,29-30,40-47,49,51-57H,3-23,26-28,31-39H2,1-2H3,(H,50,58)/b25-24+,30-29+. The van der Waals surface area contributed by atoms with Crippen LogP contribution in [0.4, 0.5) is 0 Å². The van der Waals surface area contributed by atoms with Gasteiger partial charge in [-0.3, -0.25) is 4.79 Å². The molecule has 1 aliphatic rings. The number of hydrogen-bond donors (Lipinski definition) is 8. The Balaban J connectivity index is 2.37. The highest BCUT2D eigenvalue weighted by Crippen LogP contribution is 2.23. The Kier molecular flexibility index (Phi) is 37.0. The van der Waals surface area contributed by atoms with Crippen molar-refractivity contribution in [1.29, 1.82) is 0 Å². The molecule has 1 fully saturated rings. The molecule has 0 aromatic carbocycles. The topological polar surface area (TPSA) is 189 Å². The highest BCUT2D eigenvalue weighted by atomic mass is 16.7. The number of rotatable bonds is 41. The van der Waals surface area contributed by atoms with Crippen molar-refractivity contribution in [2.75, 3.05) is 13.2 Å². The van der Waals surface area contributed by atoms with E-state index in [4.69, 9.17) is 9.47 Å². The molecule has 1 amide bonds. The highest BCUT2D eigenvalue weighted by Gasteiger charge is 2.44. The highest BCUT2D eigenvalue weighted by molar-refractivity contribution is 5.80. The molecule has 11 heteroatoms. The van der Waals surface area contributed by atoms with Gasteiger partial charge in [-0.05, 0) is 51.4 Å². The van der Waals surface area contributed by atoms with Gasteiger partial charge in [-0.2, -0.15) is 0 Å². The first-order valence-corrected chi connectivity index (χ1v) is 24.7. The van der Waals surface area contributed by atoms with E-state index in [1.165, 1.54) is 128 Å². The Bertz CT molecular complexity index is 1030. The van der Waals surface area contributed by atoms with Gasteiger partial charge in [0.25, 0.3) is 0 Å². The van der Waals surface area contributed by atoms with Crippen LogP contribution >= 0.6 is 0 Å². The summed E-state index contributed by atoms with van der Waals surface area (Å²) < 4.78 is 11.1. The minimum absolute atomic E-state index is 0.248. The molecule has 1 heterocycles. The third-order valence-corrected chi connectivity index (χ3v) is 12.0. The lowest BCUT2D eigenvalue weighted by atomic mass is 9.98. The average Bonchev–Trinajstić information content (AvgIpc) is 3.25. The summed E-state index contributed by atoms with van der Waals surface area (Å²) in [5, 5.41) is 75.5. The molecular formula is C49H93NO10. The molecule has 1 saturated heterocycles. The molecule has 0 aromatic heterocycles. The van der Waals surface area contributed by atoms with Crippen LogP contribution in [0.25, 0.3) is 0 Å². The lowest BCUT2D eigenvalue weighted by molar-refractivity contribution is -0.303. The van der Waals surface area contributed by atoms with Crippen LogP contribution in [0.3, 0.4) is 0 Å². The van der Waals surface area contributed by atoms with Crippen LogP contribution in [0.2, 0.25) is 0 Å². The second-order valence-electron chi connectivity index (χ2n) is 17.5. The van der Waals surface area contributed by atoms with Gasteiger partial charge in [0.2, 0.25) is 5.91 Å². The Labute approximate surface area is 365 Å². The van der Waals surface area contributed by atoms with E-state index in [0.29, 0.717) is 19.3 Å². The molecular weight excluding hydrogens is 763 g/mol. The number of allylic oxidation sites excluding steroid dienone is 4. The number of aliphatic hydroxyl groups excluding tert-OH is 7. The summed E-state index contributed by atoms with van der Waals surface area (Å²) >= 11 is 0. The predicted octanol–water partition coefficient (Wildman–Crippen LogP) is 8.62. The molecule has 354 valence electrons. The van der Waals surface area contributed by atoms with E-state index in [1.807, 2.05) is 0 Å². The maximum atomic E-state index is 13.0. The minimum Gasteiger partial charge on any atom is -0.394 e. The first kappa shape index (κ1) is 56.6. The molecule has 0 aromatic rings. The number of unbranched alkanes of at least 4 members (excludes halogenated alkanes) is 25. The van der Waals surface area contributed by atoms with Crippen molar-refractivity contribution in [3.63, 3.8) is 0 Å². The summed E-state index contributed by atoms with van der Waals surface area (Å²) in [5.74, 6) is -0.713. The number of nitrogens with one attached hydrogen (secondary N) is 1. The van der Waals surface area contributed by atoms with Gasteiger partial charge in [0.05, 0.1) is 25.4 Å². The summed E-state index contributed by atoms with van der Waals surface area (Å²) in [6, 6.07) is -1.19. The van der Waals surface area contributed by atoms with Crippen LogP contribution in [-0.2, 0) is 14.3 Å². The van der Waals surface area contributed by atoms with Crippen LogP contribution in [0.1, 0.15) is 213 Å². The molecule has 1 rings (SSSR count). The zero-order valence-corrected chi connectivity index (χ0v) is 38.2. The van der Waals surface area contributed by atoms with Crippen LogP contribution < -0.4 is 5.32 Å². The van der Waals surface area contributed by atoms with Crippen molar-refractivity contribution in [1.82, 2.24) is 5.32 Å². The van der Waals surface area contributed by atoms with E-state index < -0.39 is 74.2 Å². The van der Waals surface area contributed by atoms with Gasteiger partial charge in [0.1, 0.15) is 36.6 Å². The summed E-state index contributed by atoms with van der Waals surface area (Å²) in [6.45, 7) is 3.39. The Morgan fingerprint density at radius 2 is 1.00 bits per heavy atom. The fourth-order valence-electron chi connectivity index (χ4n) is 7.87. The number of aliphatic hydroxyl groups is 7. The van der Waals surface area contributed by atoms with Crippen molar-refractivity contribution in [3.8, 4) is 0 Å². The zero-order valence-electron chi connectivity index (χ0n) is 38.2. The lowest BCUT2D eigenvalue weighted by Crippen LogP contribution is -2.60. The van der Waals surface area contributed by atoms with Gasteiger partial charge >= 0.3 is 0 Å². The molecule has 9 unspecified atom stereocenters. The fraction of sp³-hybridized carbons (Fsp3) is 0.898. The quantitative estimate of drug-likeness (QED) is 0.0218. The van der Waals surface area contributed by atoms with E-state index in [-0.39, 0.29) is 12.8 Å². The number of carbonyl (C=O) groups excluding carboxylic acids is 1. The van der Waals surface area contributed by atoms with E-state index >= 15 is 0 Å². The Morgan fingerprint density at radius 1 is 0.567 bits per heavy atom. The number of amides is 1. The van der Waals surface area contributed by atoms with Gasteiger partial charge in [-0.25, -0.2) is 0 Å². The molecule has 0 bridgehead atoms. The minimum atomic E-state index is -1.67. The van der Waals surface area contributed by atoms with Crippen molar-refractivity contribution < 1.29 is 50.0 Å². The van der Waals surface area contributed by atoms with Gasteiger partial charge in [0, 0.05) is 0 Å². The third kappa shape index (κ3) is 28.3. The zero-order chi connectivity index (χ0) is 44.1. The number of hydrogen-bond acceptors (Lipinski definition) is 10. The molecule has 11 nitrogen and oxygen atoms in total. The van der Waals surface area contributed by atoms with Gasteiger partial charge in [-0.1, -0.05) is 186 Å². The van der Waals surface area contributed by atoms with E-state index in [2.05, 4.69) is 43.5 Å². The monoisotopic (exact) mass is 856 g/mol. The summed E-state index contributed by atoms with van der Waals surface area (Å²) in [4.78, 5) is 13.0. The molecule has 0 radical (unpaired) electrons. The summed E-state index contributed by atoms with van der Waals surface area (Å²) in [5.41, 5.74) is 0. The van der Waals surface area contributed by atoms with E-state index in [9.17, 15) is 40.5 Å². The maximum Gasteiger partial charge on any atom is 0.249 e. The molecule has 0 spiro atoms. The Morgan fingerprint density at radius 3 is 1.48 bits per heavy atom. The predicted molar refractivity (Wildman–Crippen MR) is 242 cm³/mol. The van der Waals surface area contributed by atoms with Crippen LogP contribution in [0.5, 0.6) is 0 Å². The largest absolute Gasteiger partial charge is 0.394 e. The number of carbonyl (C=O) groups is 1. The van der Waals surface area contributed by atoms with Crippen LogP contribution in [0, 0.1) is 0 Å². The molecule has 60 heavy (non-hydrogen) atoms. The van der Waals surface area contributed by atoms with Crippen LogP contribution in [0.15, 0.2) is 24.3 Å². The Hall–Kier alpha value is -1.41. The van der Waals surface area contributed by atoms with E-state index in [1.54, 1.807) is 0 Å². The molecule has 1 aliphatic heterocycles. The van der Waals surface area contributed by atoms with Gasteiger partial charge in [0.15, 0.2) is 6.29 Å². The van der Waals surface area contributed by atoms with E-state index in [0.717, 1.165) is 38.5 Å². The van der Waals surface area contributed by atoms with Gasteiger partial charge in [-0.15, -0.1) is 0 Å². The first-order chi connectivity index (χ1) is 29.2. The average molecular weight is 856 g/mol. The van der Waals surface area contributed by atoms with Gasteiger partial charge < -0.3 is 50.5 Å². The molecule has 9 atom stereocenters. The van der Waals surface area contributed by atoms with Crippen molar-refractivity contribution in [3.05, 3.63) is 24.3 Å². The smallest absolute Gasteiger partial charge is 0.249 e. The fourth-order valence-corrected chi connectivity index (χ4v) is 7.87. The third-order valence-electron chi connectivity index (χ3n) is 12.0. The number of ether oxygens (including phenoxy) is 2. The van der Waals surface area contributed by atoms with Crippen molar-refractivity contribution >= 4 is 5.91 Å². The molecule has 0 aliphatic carbocycles.